The minimum Gasteiger partial charge on any atom is -0.480 e. The predicted molar refractivity (Wildman–Crippen MR) is 244 cm³/mol. The number of rotatable bonds is 24. The lowest BCUT2D eigenvalue weighted by Gasteiger charge is -2.25. The largest absolute Gasteiger partial charge is 0.480 e. The van der Waals surface area contributed by atoms with Crippen molar-refractivity contribution in [2.24, 2.45) is 11.8 Å². The summed E-state index contributed by atoms with van der Waals surface area (Å²) in [5.74, 6) is -4.40. The van der Waals surface area contributed by atoms with E-state index in [1.807, 2.05) is 27.8 Å². The summed E-state index contributed by atoms with van der Waals surface area (Å²) in [6, 6.07) is -5.03. The molecule has 21 nitrogen and oxygen atoms in total. The summed E-state index contributed by atoms with van der Waals surface area (Å²) in [6.07, 6.45) is 3.06. The van der Waals surface area contributed by atoms with Crippen molar-refractivity contribution < 1.29 is 53.1 Å². The molecule has 0 spiro atoms. The van der Waals surface area contributed by atoms with Gasteiger partial charge in [0.1, 0.15) is 42.3 Å². The van der Waals surface area contributed by atoms with Crippen molar-refractivity contribution in [3.63, 3.8) is 0 Å². The Labute approximate surface area is 376 Å². The Morgan fingerprint density at radius 2 is 0.778 bits per heavy atom. The van der Waals surface area contributed by atoms with Crippen LogP contribution in [0.2, 0.25) is 0 Å². The molecule has 0 saturated carbocycles. The zero-order valence-corrected chi connectivity index (χ0v) is 38.7. The van der Waals surface area contributed by atoms with Gasteiger partial charge in [-0.1, -0.05) is 63.3 Å². The maximum absolute atomic E-state index is 12.4. The number of carbonyl (C=O) groups is 10. The lowest BCUT2D eigenvalue weighted by Crippen LogP contribution is -2.56. The molecule has 21 heteroatoms. The van der Waals surface area contributed by atoms with Crippen LogP contribution in [-0.2, 0) is 47.9 Å². The van der Waals surface area contributed by atoms with Crippen LogP contribution in [0.4, 0.5) is 0 Å². The van der Waals surface area contributed by atoms with Gasteiger partial charge in [-0.15, -0.1) is 0 Å². The van der Waals surface area contributed by atoms with Gasteiger partial charge in [-0.05, 0) is 70.9 Å². The molecule has 0 aromatic heterocycles. The molecule has 0 aromatic rings. The van der Waals surface area contributed by atoms with E-state index in [-0.39, 0.29) is 68.0 Å². The molecule has 0 aliphatic rings. The van der Waals surface area contributed by atoms with Crippen LogP contribution in [0.25, 0.3) is 0 Å². The molecule has 0 bridgehead atoms. The average molecular weight is 905 g/mol. The number of hydrogen-bond acceptors (Lipinski definition) is 11. The second-order valence-electron chi connectivity index (χ2n) is 14.9. The third kappa shape index (κ3) is 30.4. The van der Waals surface area contributed by atoms with Crippen molar-refractivity contribution in [2.45, 2.75) is 172 Å². The minimum absolute atomic E-state index is 0. The van der Waals surface area contributed by atoms with E-state index in [9.17, 15) is 53.1 Å². The molecule has 0 fully saturated rings. The summed E-state index contributed by atoms with van der Waals surface area (Å²) in [5.41, 5.74) is 0. The number of carboxylic acid groups (broad SMARTS) is 1. The SMILES string of the molecule is C.C.CC[C@H](NC(=O)[C@@H](NC(C)=O)C(C)C)C(=O)NC.CC[C@H](NC(=O)[C@@H](NC(C)=O)C(C)C)C(=O)N[C@@H](CCCCNC)C(=O)O.CC[C@H](NC(=O)[C@H](C)NC(C)=O)C(=O)NC. The number of carbonyl (C=O) groups excluding carboxylic acids is 9. The van der Waals surface area contributed by atoms with Crippen LogP contribution in [-0.4, -0.2) is 134 Å². The summed E-state index contributed by atoms with van der Waals surface area (Å²) < 4.78 is 0. The molecule has 0 heterocycles. The Morgan fingerprint density at radius 1 is 0.444 bits per heavy atom. The molecule has 368 valence electrons. The summed E-state index contributed by atoms with van der Waals surface area (Å²) in [7, 11) is 4.84. The van der Waals surface area contributed by atoms with Crippen molar-refractivity contribution in [3.05, 3.63) is 0 Å². The number of nitrogens with one attached hydrogen (secondary N) is 10. The number of carboxylic acids is 1. The fourth-order valence-electron chi connectivity index (χ4n) is 5.29. The van der Waals surface area contributed by atoms with E-state index >= 15 is 0 Å². The fraction of sp³-hybridized carbons (Fsp3) is 0.762. The van der Waals surface area contributed by atoms with Crippen LogP contribution in [0.3, 0.4) is 0 Å². The van der Waals surface area contributed by atoms with Gasteiger partial charge in [-0.25, -0.2) is 4.79 Å². The molecular formula is C42H84N10O11. The number of aliphatic carboxylic acids is 1. The van der Waals surface area contributed by atoms with E-state index in [4.69, 9.17) is 0 Å². The number of hydrogen-bond donors (Lipinski definition) is 11. The highest BCUT2D eigenvalue weighted by Gasteiger charge is 2.30. The third-order valence-corrected chi connectivity index (χ3v) is 8.83. The topological polar surface area (TPSA) is 311 Å². The van der Waals surface area contributed by atoms with Crippen LogP contribution in [0.1, 0.15) is 130 Å². The lowest BCUT2D eigenvalue weighted by atomic mass is 10.0. The number of amides is 9. The molecule has 0 unspecified atom stereocenters. The molecule has 9 amide bonds. The summed E-state index contributed by atoms with van der Waals surface area (Å²) in [5, 5.41) is 35.1. The first kappa shape index (κ1) is 66.8. The molecule has 7 atom stereocenters. The molecule has 0 saturated heterocycles. The predicted octanol–water partition coefficient (Wildman–Crippen LogP) is 0.213. The van der Waals surface area contributed by atoms with Crippen molar-refractivity contribution in [2.75, 3.05) is 27.7 Å². The zero-order valence-electron chi connectivity index (χ0n) is 38.7. The molecule has 0 radical (unpaired) electrons. The Bertz CT molecular complexity index is 1430. The van der Waals surface area contributed by atoms with Gasteiger partial charge in [-0.3, -0.25) is 43.2 Å². The van der Waals surface area contributed by atoms with E-state index in [1.54, 1.807) is 34.6 Å². The number of unbranched alkanes of at least 4 members (excludes halogenated alkanes) is 1. The van der Waals surface area contributed by atoms with Crippen LogP contribution < -0.4 is 53.2 Å². The van der Waals surface area contributed by atoms with Gasteiger partial charge in [-0.2, -0.15) is 0 Å². The minimum atomic E-state index is -1.10. The third-order valence-electron chi connectivity index (χ3n) is 8.83. The summed E-state index contributed by atoms with van der Waals surface area (Å²) >= 11 is 0. The first-order chi connectivity index (χ1) is 28.4. The number of likely N-dealkylation sites (N-methyl/N-ethyl adjacent to an activating group) is 2. The standard InChI is InChI=1S/C18H34N4O5.C12H23N3O3.C10H19N3O3.2CH4/c1-6-13(21-17(25)15(11(2)3)20-12(4)23)16(24)22-14(18(26)27)9-7-8-10-19-5;1-6-9(11(17)13-5)15-12(18)10(7(2)3)14-8(4)16;1-5-8(10(16)11-4)13-9(15)6(2)12-7(3)14;;/h11,13-15,19H,6-10H2,1-5H3,(H,20,23)(H,21,25)(H,22,24)(H,26,27);7,9-10H,6H2,1-5H3,(H,13,17)(H,14,16)(H,15,18);6,8H,5H2,1-4H3,(H,11,16)(H,12,14)(H,13,15);2*1H4/t13-,14-,15-;9-,10-;6-,8-;;/m000../s1. The monoisotopic (exact) mass is 905 g/mol. The molecule has 0 aliphatic carbocycles. The Hall–Kier alpha value is -5.34. The van der Waals surface area contributed by atoms with Crippen LogP contribution in [0, 0.1) is 11.8 Å². The average Bonchev–Trinajstić information content (AvgIpc) is 3.18. The van der Waals surface area contributed by atoms with Gasteiger partial charge in [0.15, 0.2) is 0 Å². The molecule has 0 aliphatic heterocycles. The van der Waals surface area contributed by atoms with Gasteiger partial charge in [0, 0.05) is 34.9 Å². The van der Waals surface area contributed by atoms with Crippen LogP contribution in [0.15, 0.2) is 0 Å². The van der Waals surface area contributed by atoms with E-state index < -0.39 is 60.1 Å². The first-order valence-corrected chi connectivity index (χ1v) is 20.7. The van der Waals surface area contributed by atoms with Crippen molar-refractivity contribution in [1.29, 1.82) is 0 Å². The van der Waals surface area contributed by atoms with Gasteiger partial charge in [0.25, 0.3) is 0 Å². The zero-order chi connectivity index (χ0) is 48.0. The highest BCUT2D eigenvalue weighted by Crippen LogP contribution is 2.06. The Morgan fingerprint density at radius 3 is 1.06 bits per heavy atom. The van der Waals surface area contributed by atoms with E-state index in [0.717, 1.165) is 13.0 Å². The second kappa shape index (κ2) is 37.2. The molecule has 0 rings (SSSR count). The van der Waals surface area contributed by atoms with Crippen molar-refractivity contribution >= 4 is 59.1 Å². The highest BCUT2D eigenvalue weighted by atomic mass is 16.4. The van der Waals surface area contributed by atoms with Gasteiger partial charge in [0.2, 0.25) is 53.2 Å². The maximum atomic E-state index is 12.4. The van der Waals surface area contributed by atoms with Crippen molar-refractivity contribution in [1.82, 2.24) is 53.2 Å². The van der Waals surface area contributed by atoms with Gasteiger partial charge in [0.05, 0.1) is 0 Å². The van der Waals surface area contributed by atoms with Crippen molar-refractivity contribution in [3.8, 4) is 0 Å². The van der Waals surface area contributed by atoms with Gasteiger partial charge < -0.3 is 58.3 Å². The summed E-state index contributed by atoms with van der Waals surface area (Å²) in [4.78, 5) is 116. The molecular weight excluding hydrogens is 821 g/mol. The van der Waals surface area contributed by atoms with Crippen LogP contribution in [0.5, 0.6) is 0 Å². The molecule has 11 N–H and O–H groups in total. The van der Waals surface area contributed by atoms with E-state index in [1.165, 1.54) is 34.9 Å². The Balaban J connectivity index is -0.000000274. The van der Waals surface area contributed by atoms with E-state index in [2.05, 4.69) is 53.2 Å². The smallest absolute Gasteiger partial charge is 0.326 e. The second-order valence-corrected chi connectivity index (χ2v) is 14.9. The Kier molecular flexibility index (Phi) is 39.5. The highest BCUT2D eigenvalue weighted by molar-refractivity contribution is 5.94. The molecule has 63 heavy (non-hydrogen) atoms. The molecule has 0 aromatic carbocycles. The fourth-order valence-corrected chi connectivity index (χ4v) is 5.29. The first-order valence-electron chi connectivity index (χ1n) is 20.7. The maximum Gasteiger partial charge on any atom is 0.326 e. The summed E-state index contributed by atoms with van der Waals surface area (Å²) in [6.45, 7) is 18.9. The van der Waals surface area contributed by atoms with Gasteiger partial charge >= 0.3 is 5.97 Å². The lowest BCUT2D eigenvalue weighted by molar-refractivity contribution is -0.142. The normalized spacial score (nSPS) is 13.4. The van der Waals surface area contributed by atoms with E-state index in [0.29, 0.717) is 32.1 Å². The quantitative estimate of drug-likeness (QED) is 0.0580. The van der Waals surface area contributed by atoms with Crippen LogP contribution >= 0.6 is 0 Å².